The number of imidazole rings is 1. The van der Waals surface area contributed by atoms with E-state index >= 15 is 0 Å². The molecule has 0 spiro atoms. The van der Waals surface area contributed by atoms with Crippen molar-refractivity contribution in [2.45, 2.75) is 53.4 Å². The average Bonchev–Trinajstić information content (AvgIpc) is 3.47. The Bertz CT molecular complexity index is 1120. The van der Waals surface area contributed by atoms with Crippen molar-refractivity contribution in [3.05, 3.63) is 41.9 Å². The van der Waals surface area contributed by atoms with E-state index in [0.29, 0.717) is 48.7 Å². The third-order valence-electron chi connectivity index (χ3n) is 4.47. The van der Waals surface area contributed by atoms with Crippen molar-refractivity contribution < 1.29 is 9.32 Å². The van der Waals surface area contributed by atoms with Crippen molar-refractivity contribution in [3.63, 3.8) is 0 Å². The van der Waals surface area contributed by atoms with Crippen LogP contribution in [-0.2, 0) is 24.1 Å². The van der Waals surface area contributed by atoms with Gasteiger partial charge in [-0.05, 0) is 12.8 Å². The van der Waals surface area contributed by atoms with Gasteiger partial charge in [0.15, 0.2) is 11.5 Å². The highest BCUT2D eigenvalue weighted by atomic mass is 16.5. The SMILES string of the molecule is CC.CC.O=C1CCc2c(CCc3cc(-c4nc5ncncc5[nH]4)no3)ncnc2N1. The first-order valence-electron chi connectivity index (χ1n) is 10.5. The summed E-state index contributed by atoms with van der Waals surface area (Å²) in [6.45, 7) is 8.00. The summed E-state index contributed by atoms with van der Waals surface area (Å²) in [4.78, 5) is 35.6. The van der Waals surface area contributed by atoms with Gasteiger partial charge in [0.05, 0.1) is 6.20 Å². The third-order valence-corrected chi connectivity index (χ3v) is 4.47. The number of rotatable bonds is 4. The average molecular weight is 422 g/mol. The van der Waals surface area contributed by atoms with Gasteiger partial charge in [0.2, 0.25) is 5.91 Å². The summed E-state index contributed by atoms with van der Waals surface area (Å²) in [5, 5.41) is 6.87. The normalized spacial score (nSPS) is 12.2. The molecule has 2 N–H and O–H groups in total. The Morgan fingerprint density at radius 3 is 2.68 bits per heavy atom. The van der Waals surface area contributed by atoms with Gasteiger partial charge in [-0.25, -0.2) is 24.9 Å². The van der Waals surface area contributed by atoms with Crippen molar-refractivity contribution in [3.8, 4) is 11.5 Å². The van der Waals surface area contributed by atoms with Crippen molar-refractivity contribution in [2.75, 3.05) is 5.32 Å². The molecule has 0 bridgehead atoms. The Morgan fingerprint density at radius 1 is 1.03 bits per heavy atom. The fraction of sp³-hybridized carbons (Fsp3) is 0.381. The Balaban J connectivity index is 0.000000645. The number of nitrogens with zero attached hydrogens (tertiary/aromatic N) is 6. The summed E-state index contributed by atoms with van der Waals surface area (Å²) >= 11 is 0. The number of aromatic amines is 1. The van der Waals surface area contributed by atoms with Crippen LogP contribution in [0.3, 0.4) is 0 Å². The van der Waals surface area contributed by atoms with Crippen molar-refractivity contribution in [2.24, 2.45) is 0 Å². The highest BCUT2D eigenvalue weighted by molar-refractivity contribution is 5.92. The molecule has 4 aromatic heterocycles. The molecule has 10 heteroatoms. The van der Waals surface area contributed by atoms with Crippen molar-refractivity contribution >= 4 is 22.9 Å². The monoisotopic (exact) mass is 422 g/mol. The molecule has 1 amide bonds. The van der Waals surface area contributed by atoms with Gasteiger partial charge in [0.25, 0.3) is 0 Å². The van der Waals surface area contributed by atoms with E-state index in [1.54, 1.807) is 6.20 Å². The summed E-state index contributed by atoms with van der Waals surface area (Å²) in [5.41, 5.74) is 3.84. The van der Waals surface area contributed by atoms with Crippen LogP contribution in [0.1, 0.15) is 51.1 Å². The first-order valence-corrected chi connectivity index (χ1v) is 10.5. The van der Waals surface area contributed by atoms with E-state index in [-0.39, 0.29) is 5.91 Å². The Morgan fingerprint density at radius 2 is 1.87 bits per heavy atom. The molecule has 1 aliphatic rings. The van der Waals surface area contributed by atoms with E-state index in [4.69, 9.17) is 4.52 Å². The van der Waals surface area contributed by atoms with Crippen LogP contribution < -0.4 is 5.32 Å². The quantitative estimate of drug-likeness (QED) is 0.510. The van der Waals surface area contributed by atoms with Crippen LogP contribution in [0.2, 0.25) is 0 Å². The van der Waals surface area contributed by atoms with E-state index in [9.17, 15) is 4.79 Å². The van der Waals surface area contributed by atoms with E-state index in [2.05, 4.69) is 40.4 Å². The number of aromatic nitrogens is 7. The molecule has 0 aromatic carbocycles. The first-order chi connectivity index (χ1) is 15.3. The Hall–Kier alpha value is -3.69. The number of aryl methyl sites for hydroxylation is 2. The van der Waals surface area contributed by atoms with Crippen LogP contribution in [0, 0.1) is 0 Å². The zero-order valence-electron chi connectivity index (χ0n) is 18.1. The first kappa shape index (κ1) is 22.0. The lowest BCUT2D eigenvalue weighted by Gasteiger charge is -2.17. The van der Waals surface area contributed by atoms with Crippen molar-refractivity contribution in [1.29, 1.82) is 0 Å². The number of H-pyrrole nitrogens is 1. The summed E-state index contributed by atoms with van der Waals surface area (Å²) in [6, 6.07) is 1.85. The molecule has 0 radical (unpaired) electrons. The second-order valence-electron chi connectivity index (χ2n) is 6.22. The standard InChI is InChI=1S/C17H14N8O2.2C2H6/c26-14-4-2-10-11(19-8-21-15(10)23-14)3-1-9-5-12(25-27-9)17-22-13-6-18-7-20-16(13)24-17;2*1-2/h5-8H,1-4H2,(H,18,20,22,24)(H,19,21,23,26);2*1-2H3. The fourth-order valence-electron chi connectivity index (χ4n) is 3.13. The van der Waals surface area contributed by atoms with Crippen LogP contribution in [0.4, 0.5) is 5.82 Å². The zero-order valence-corrected chi connectivity index (χ0v) is 18.1. The van der Waals surface area contributed by atoms with Gasteiger partial charge in [-0.15, -0.1) is 0 Å². The molecule has 1 aliphatic heterocycles. The summed E-state index contributed by atoms with van der Waals surface area (Å²) < 4.78 is 5.44. The Labute approximate surface area is 180 Å². The van der Waals surface area contributed by atoms with E-state index in [0.717, 1.165) is 22.5 Å². The lowest BCUT2D eigenvalue weighted by atomic mass is 10.0. The van der Waals surface area contributed by atoms with Crippen LogP contribution in [-0.4, -0.2) is 41.0 Å². The number of fused-ring (bicyclic) bond motifs is 2. The van der Waals surface area contributed by atoms with Crippen LogP contribution in [0.25, 0.3) is 22.7 Å². The number of anilines is 1. The molecule has 10 nitrogen and oxygen atoms in total. The molecular weight excluding hydrogens is 396 g/mol. The molecule has 0 saturated heterocycles. The third kappa shape index (κ3) is 4.90. The van der Waals surface area contributed by atoms with Gasteiger partial charge < -0.3 is 14.8 Å². The zero-order chi connectivity index (χ0) is 22.2. The molecule has 162 valence electrons. The number of carbonyl (C=O) groups is 1. The second-order valence-corrected chi connectivity index (χ2v) is 6.22. The fourth-order valence-corrected chi connectivity index (χ4v) is 3.13. The van der Waals surface area contributed by atoms with Gasteiger partial charge in [-0.2, -0.15) is 0 Å². The highest BCUT2D eigenvalue weighted by Crippen LogP contribution is 2.24. The van der Waals surface area contributed by atoms with Gasteiger partial charge in [0, 0.05) is 30.2 Å². The molecule has 0 fully saturated rings. The van der Waals surface area contributed by atoms with Crippen LogP contribution >= 0.6 is 0 Å². The number of carbonyl (C=O) groups excluding carboxylic acids is 1. The largest absolute Gasteiger partial charge is 0.361 e. The summed E-state index contributed by atoms with van der Waals surface area (Å²) in [5.74, 6) is 1.91. The minimum atomic E-state index is -0.0115. The highest BCUT2D eigenvalue weighted by Gasteiger charge is 2.20. The Kier molecular flexibility index (Phi) is 7.36. The molecule has 4 aromatic rings. The second kappa shape index (κ2) is 10.4. The van der Waals surface area contributed by atoms with E-state index in [1.165, 1.54) is 12.7 Å². The predicted molar refractivity (Wildman–Crippen MR) is 116 cm³/mol. The van der Waals surface area contributed by atoms with Crippen molar-refractivity contribution in [1.82, 2.24) is 35.1 Å². The topological polar surface area (TPSA) is 135 Å². The predicted octanol–water partition coefficient (Wildman–Crippen LogP) is 3.52. The minimum Gasteiger partial charge on any atom is -0.361 e. The summed E-state index contributed by atoms with van der Waals surface area (Å²) in [7, 11) is 0. The lowest BCUT2D eigenvalue weighted by Crippen LogP contribution is -2.22. The van der Waals surface area contributed by atoms with E-state index in [1.807, 2.05) is 33.8 Å². The molecule has 0 aliphatic carbocycles. The minimum absolute atomic E-state index is 0.0115. The number of amides is 1. The van der Waals surface area contributed by atoms with Crippen LogP contribution in [0.15, 0.2) is 29.4 Å². The number of nitrogens with one attached hydrogen (secondary N) is 2. The molecule has 5 rings (SSSR count). The molecular formula is C21H26N8O2. The van der Waals surface area contributed by atoms with Gasteiger partial charge in [-0.3, -0.25) is 4.79 Å². The summed E-state index contributed by atoms with van der Waals surface area (Å²) in [6.07, 6.45) is 6.99. The molecule has 0 unspecified atom stereocenters. The lowest BCUT2D eigenvalue weighted by molar-refractivity contribution is -0.116. The number of hydrogen-bond acceptors (Lipinski definition) is 8. The van der Waals surface area contributed by atoms with E-state index < -0.39 is 0 Å². The van der Waals surface area contributed by atoms with Crippen LogP contribution in [0.5, 0.6) is 0 Å². The maximum atomic E-state index is 11.5. The molecule has 0 atom stereocenters. The maximum Gasteiger partial charge on any atom is 0.225 e. The number of hydrogen-bond donors (Lipinski definition) is 2. The van der Waals surface area contributed by atoms with Gasteiger partial charge >= 0.3 is 0 Å². The van der Waals surface area contributed by atoms with Gasteiger partial charge in [0.1, 0.15) is 35.4 Å². The molecule has 0 saturated carbocycles. The molecule has 31 heavy (non-hydrogen) atoms. The molecule has 5 heterocycles. The smallest absolute Gasteiger partial charge is 0.225 e. The van der Waals surface area contributed by atoms with Gasteiger partial charge in [-0.1, -0.05) is 32.9 Å². The maximum absolute atomic E-state index is 11.5.